The summed E-state index contributed by atoms with van der Waals surface area (Å²) in [6.45, 7) is -0.0516. The smallest absolute Gasteiger partial charge is 0.416 e. The van der Waals surface area contributed by atoms with Crippen LogP contribution >= 0.6 is 23.2 Å². The molecule has 0 heterocycles. The van der Waals surface area contributed by atoms with Crippen molar-refractivity contribution in [2.45, 2.75) is 6.18 Å². The van der Waals surface area contributed by atoms with E-state index in [9.17, 15) is 18.0 Å². The summed E-state index contributed by atoms with van der Waals surface area (Å²) in [5.41, 5.74) is -1.09. The molecule has 0 fully saturated rings. The molecular formula is C10H8Cl2F3NO2. The van der Waals surface area contributed by atoms with Gasteiger partial charge in [0.1, 0.15) is 6.61 Å². The van der Waals surface area contributed by atoms with Crippen LogP contribution in [0.15, 0.2) is 18.2 Å². The number of rotatable bonds is 3. The first-order valence-corrected chi connectivity index (χ1v) is 5.62. The second-order valence-corrected chi connectivity index (χ2v) is 3.93. The molecule has 8 heteroatoms. The molecule has 1 aromatic carbocycles. The quantitative estimate of drug-likeness (QED) is 0.852. The van der Waals surface area contributed by atoms with Crippen LogP contribution in [0.5, 0.6) is 0 Å². The first-order chi connectivity index (χ1) is 8.34. The van der Waals surface area contributed by atoms with Gasteiger partial charge in [0.2, 0.25) is 0 Å². The average Bonchev–Trinajstić information content (AvgIpc) is 2.28. The van der Waals surface area contributed by atoms with E-state index in [1.807, 2.05) is 0 Å². The molecule has 1 N–H and O–H groups in total. The third-order valence-electron chi connectivity index (χ3n) is 1.84. The number of ether oxygens (including phenoxy) is 1. The zero-order chi connectivity index (χ0) is 13.8. The number of benzene rings is 1. The second kappa shape index (κ2) is 6.15. The molecule has 0 radical (unpaired) electrons. The number of hydrogen-bond acceptors (Lipinski definition) is 2. The highest BCUT2D eigenvalue weighted by molar-refractivity contribution is 6.33. The summed E-state index contributed by atoms with van der Waals surface area (Å²) < 4.78 is 41.9. The molecular weight excluding hydrogens is 294 g/mol. The van der Waals surface area contributed by atoms with Crippen molar-refractivity contribution >= 4 is 35.0 Å². The molecule has 0 aromatic heterocycles. The standard InChI is InChI=1S/C10H8Cl2F3NO2/c11-3-4-18-9(17)16-8-5-6(10(13,14)15)1-2-7(8)12/h1-2,5H,3-4H2,(H,16,17). The molecule has 1 rings (SSSR count). The lowest BCUT2D eigenvalue weighted by Gasteiger charge is -2.11. The topological polar surface area (TPSA) is 38.3 Å². The second-order valence-electron chi connectivity index (χ2n) is 3.14. The van der Waals surface area contributed by atoms with E-state index < -0.39 is 17.8 Å². The van der Waals surface area contributed by atoms with Gasteiger partial charge in [-0.15, -0.1) is 11.6 Å². The van der Waals surface area contributed by atoms with Crippen LogP contribution in [0.4, 0.5) is 23.7 Å². The Morgan fingerprint density at radius 1 is 1.39 bits per heavy atom. The number of alkyl halides is 4. The first kappa shape index (κ1) is 14.9. The van der Waals surface area contributed by atoms with Crippen LogP contribution in [0.25, 0.3) is 0 Å². The molecule has 0 aliphatic heterocycles. The van der Waals surface area contributed by atoms with Crippen molar-refractivity contribution in [3.63, 3.8) is 0 Å². The number of nitrogens with one attached hydrogen (secondary N) is 1. The highest BCUT2D eigenvalue weighted by atomic mass is 35.5. The summed E-state index contributed by atoms with van der Waals surface area (Å²) in [6.07, 6.45) is -5.43. The fraction of sp³-hybridized carbons (Fsp3) is 0.300. The van der Waals surface area contributed by atoms with Crippen LogP contribution in [0.1, 0.15) is 5.56 Å². The van der Waals surface area contributed by atoms with E-state index in [1.165, 1.54) is 0 Å². The van der Waals surface area contributed by atoms with E-state index in [2.05, 4.69) is 10.1 Å². The van der Waals surface area contributed by atoms with Gasteiger partial charge in [-0.05, 0) is 18.2 Å². The van der Waals surface area contributed by atoms with Crippen molar-refractivity contribution in [3.05, 3.63) is 28.8 Å². The Kier molecular flexibility index (Phi) is 5.10. The summed E-state index contributed by atoms with van der Waals surface area (Å²) in [4.78, 5) is 11.2. The highest BCUT2D eigenvalue weighted by Gasteiger charge is 2.31. The molecule has 100 valence electrons. The predicted molar refractivity (Wildman–Crippen MR) is 62.1 cm³/mol. The Morgan fingerprint density at radius 2 is 2.06 bits per heavy atom. The van der Waals surface area contributed by atoms with Crippen LogP contribution in [0, 0.1) is 0 Å². The molecule has 0 bridgehead atoms. The number of amides is 1. The van der Waals surface area contributed by atoms with Crippen molar-refractivity contribution in [2.75, 3.05) is 17.8 Å². The number of carbonyl (C=O) groups is 1. The SMILES string of the molecule is O=C(Nc1cc(C(F)(F)F)ccc1Cl)OCCCl. The predicted octanol–water partition coefficient (Wildman–Crippen LogP) is 4.15. The molecule has 3 nitrogen and oxygen atoms in total. The van der Waals surface area contributed by atoms with Gasteiger partial charge in [-0.2, -0.15) is 13.2 Å². The molecule has 0 unspecified atom stereocenters. The van der Waals surface area contributed by atoms with Gasteiger partial charge in [-0.1, -0.05) is 11.6 Å². The third kappa shape index (κ3) is 4.27. The van der Waals surface area contributed by atoms with E-state index in [0.717, 1.165) is 18.2 Å². The Hall–Kier alpha value is -1.14. The van der Waals surface area contributed by atoms with Crippen LogP contribution in [0.3, 0.4) is 0 Å². The van der Waals surface area contributed by atoms with Crippen molar-refractivity contribution in [1.29, 1.82) is 0 Å². The summed E-state index contributed by atoms with van der Waals surface area (Å²) in [5.74, 6) is 0.0870. The Bertz CT molecular complexity index is 438. The van der Waals surface area contributed by atoms with Gasteiger partial charge in [0.25, 0.3) is 0 Å². The normalized spacial score (nSPS) is 11.2. The van der Waals surface area contributed by atoms with Gasteiger partial charge in [0.05, 0.1) is 22.2 Å². The minimum absolute atomic E-state index is 0.0224. The van der Waals surface area contributed by atoms with Crippen LogP contribution in [0.2, 0.25) is 5.02 Å². The summed E-state index contributed by atoms with van der Waals surface area (Å²) in [7, 11) is 0. The van der Waals surface area contributed by atoms with Crippen molar-refractivity contribution < 1.29 is 22.7 Å². The largest absolute Gasteiger partial charge is 0.448 e. The van der Waals surface area contributed by atoms with Gasteiger partial charge in [0, 0.05) is 0 Å². The van der Waals surface area contributed by atoms with Gasteiger partial charge in [-0.3, -0.25) is 5.32 Å². The summed E-state index contributed by atoms with van der Waals surface area (Å²) in [6, 6.07) is 2.59. The molecule has 18 heavy (non-hydrogen) atoms. The maximum atomic E-state index is 12.4. The molecule has 0 saturated heterocycles. The van der Waals surface area contributed by atoms with Gasteiger partial charge in [0.15, 0.2) is 0 Å². The van der Waals surface area contributed by atoms with E-state index in [0.29, 0.717) is 0 Å². The number of halogens is 5. The number of hydrogen-bond donors (Lipinski definition) is 1. The molecule has 0 spiro atoms. The van der Waals surface area contributed by atoms with Crippen molar-refractivity contribution in [1.82, 2.24) is 0 Å². The summed E-state index contributed by atoms with van der Waals surface area (Å²) in [5, 5.41) is 2.08. The van der Waals surface area contributed by atoms with Crippen molar-refractivity contribution in [2.24, 2.45) is 0 Å². The van der Waals surface area contributed by atoms with Crippen molar-refractivity contribution in [3.8, 4) is 0 Å². The fourth-order valence-electron chi connectivity index (χ4n) is 1.07. The fourth-order valence-corrected chi connectivity index (χ4v) is 1.32. The zero-order valence-electron chi connectivity index (χ0n) is 8.85. The Labute approximate surface area is 111 Å². The molecule has 1 aromatic rings. The lowest BCUT2D eigenvalue weighted by atomic mass is 10.2. The minimum Gasteiger partial charge on any atom is -0.448 e. The molecule has 0 aliphatic carbocycles. The monoisotopic (exact) mass is 301 g/mol. The van der Waals surface area contributed by atoms with Gasteiger partial charge < -0.3 is 4.74 Å². The molecule has 0 aliphatic rings. The maximum Gasteiger partial charge on any atom is 0.416 e. The van der Waals surface area contributed by atoms with Crippen LogP contribution < -0.4 is 5.32 Å². The zero-order valence-corrected chi connectivity index (χ0v) is 10.4. The molecule has 0 atom stereocenters. The average molecular weight is 302 g/mol. The Balaban J connectivity index is 2.85. The molecule has 0 saturated carbocycles. The lowest BCUT2D eigenvalue weighted by Crippen LogP contribution is -2.16. The highest BCUT2D eigenvalue weighted by Crippen LogP contribution is 2.33. The minimum atomic E-state index is -4.51. The van der Waals surface area contributed by atoms with E-state index in [1.54, 1.807) is 0 Å². The Morgan fingerprint density at radius 3 is 2.61 bits per heavy atom. The van der Waals surface area contributed by atoms with E-state index in [-0.39, 0.29) is 23.2 Å². The molecule has 1 amide bonds. The van der Waals surface area contributed by atoms with E-state index >= 15 is 0 Å². The third-order valence-corrected chi connectivity index (χ3v) is 2.32. The lowest BCUT2D eigenvalue weighted by molar-refractivity contribution is -0.137. The summed E-state index contributed by atoms with van der Waals surface area (Å²) >= 11 is 10.9. The number of anilines is 1. The number of carbonyl (C=O) groups excluding carboxylic acids is 1. The van der Waals surface area contributed by atoms with Gasteiger partial charge in [-0.25, -0.2) is 4.79 Å². The van der Waals surface area contributed by atoms with Crippen LogP contribution in [-0.4, -0.2) is 18.6 Å². The maximum absolute atomic E-state index is 12.4. The van der Waals surface area contributed by atoms with Gasteiger partial charge >= 0.3 is 12.3 Å². The van der Waals surface area contributed by atoms with Crippen LogP contribution in [-0.2, 0) is 10.9 Å². The van der Waals surface area contributed by atoms with E-state index in [4.69, 9.17) is 23.2 Å². The first-order valence-electron chi connectivity index (χ1n) is 4.71.